The molecule has 0 unspecified atom stereocenters. The maximum absolute atomic E-state index is 13.4. The Morgan fingerprint density at radius 2 is 1.32 bits per heavy atom. The van der Waals surface area contributed by atoms with Gasteiger partial charge in [-0.15, -0.1) is 0 Å². The summed E-state index contributed by atoms with van der Waals surface area (Å²) in [5.74, 6) is -14.5. The molecule has 0 radical (unpaired) electrons. The Labute approximate surface area is 103 Å². The second-order valence-corrected chi connectivity index (χ2v) is 3.84. The molecule has 8 heteroatoms. The van der Waals surface area contributed by atoms with Crippen LogP contribution in [0.2, 0.25) is 0 Å². The van der Waals surface area contributed by atoms with E-state index in [0.29, 0.717) is 17.7 Å². The molecule has 0 spiro atoms. The average molecular weight is 288 g/mol. The van der Waals surface area contributed by atoms with E-state index in [0.717, 1.165) is 12.1 Å². The smallest absolute Gasteiger partial charge is 0.285 e. The lowest BCUT2D eigenvalue weighted by Crippen LogP contribution is -2.50. The van der Waals surface area contributed by atoms with Gasteiger partial charge in [0, 0.05) is 5.56 Å². The summed E-state index contributed by atoms with van der Waals surface area (Å²) >= 11 is 0. The van der Waals surface area contributed by atoms with E-state index >= 15 is 0 Å². The van der Waals surface area contributed by atoms with Gasteiger partial charge in [0.15, 0.2) is 0 Å². The van der Waals surface area contributed by atoms with Crippen molar-refractivity contribution in [2.24, 2.45) is 0 Å². The van der Waals surface area contributed by atoms with E-state index in [9.17, 15) is 35.5 Å². The van der Waals surface area contributed by atoms with Crippen LogP contribution in [0.1, 0.15) is 11.1 Å². The molecule has 0 aliphatic rings. The second-order valence-electron chi connectivity index (χ2n) is 3.84. The van der Waals surface area contributed by atoms with E-state index in [2.05, 4.69) is 0 Å². The van der Waals surface area contributed by atoms with Crippen molar-refractivity contribution in [2.45, 2.75) is 24.9 Å². The highest BCUT2D eigenvalue weighted by molar-refractivity contribution is 5.93. The third-order valence-corrected chi connectivity index (χ3v) is 2.34. The van der Waals surface area contributed by atoms with Crippen molar-refractivity contribution in [1.82, 2.24) is 0 Å². The molecule has 1 rings (SSSR count). The molecule has 0 N–H and O–H groups in total. The van der Waals surface area contributed by atoms with Gasteiger partial charge in [-0.25, -0.2) is 0 Å². The van der Waals surface area contributed by atoms with Gasteiger partial charge in [-0.2, -0.15) is 30.7 Å². The van der Waals surface area contributed by atoms with Crippen molar-refractivity contribution in [1.29, 1.82) is 0 Å². The third-order valence-electron chi connectivity index (χ3n) is 2.34. The van der Waals surface area contributed by atoms with Crippen LogP contribution in [0.15, 0.2) is 24.3 Å². The Kier molecular flexibility index (Phi) is 3.66. The van der Waals surface area contributed by atoms with E-state index in [1.54, 1.807) is 0 Å². The molecular formula is C11H7F7O. The quantitative estimate of drug-likeness (QED) is 0.772. The minimum atomic E-state index is -6.36. The Balaban J connectivity index is 3.20. The number of carbonyl (C=O) groups excluding carboxylic acids is 1. The van der Waals surface area contributed by atoms with Gasteiger partial charge in [-0.1, -0.05) is 29.8 Å². The molecule has 1 nitrogen and oxygen atoms in total. The molecule has 0 amide bonds. The average Bonchev–Trinajstić information content (AvgIpc) is 2.27. The second kappa shape index (κ2) is 4.50. The SMILES string of the molecule is Cc1ccc(C(F)(F)C(=O)C(F)(F)C(F)(F)F)cc1. The zero-order chi connectivity index (χ0) is 15.1. The molecule has 106 valence electrons. The van der Waals surface area contributed by atoms with E-state index in [4.69, 9.17) is 0 Å². The van der Waals surface area contributed by atoms with Gasteiger partial charge in [0.05, 0.1) is 0 Å². The largest absolute Gasteiger partial charge is 0.461 e. The van der Waals surface area contributed by atoms with Crippen molar-refractivity contribution in [3.63, 3.8) is 0 Å². The number of benzene rings is 1. The summed E-state index contributed by atoms with van der Waals surface area (Å²) in [6.07, 6.45) is -6.36. The Morgan fingerprint density at radius 1 is 0.895 bits per heavy atom. The molecule has 0 aromatic heterocycles. The van der Waals surface area contributed by atoms with Crippen molar-refractivity contribution in [3.8, 4) is 0 Å². The van der Waals surface area contributed by atoms with E-state index in [1.165, 1.54) is 6.92 Å². The lowest BCUT2D eigenvalue weighted by Gasteiger charge is -2.23. The molecule has 0 aliphatic carbocycles. The Bertz CT molecular complexity index is 473. The van der Waals surface area contributed by atoms with Crippen LogP contribution in [0.25, 0.3) is 0 Å². The van der Waals surface area contributed by atoms with Gasteiger partial charge in [0.25, 0.3) is 5.78 Å². The van der Waals surface area contributed by atoms with Crippen LogP contribution in [0.3, 0.4) is 0 Å². The monoisotopic (exact) mass is 288 g/mol. The predicted molar refractivity (Wildman–Crippen MR) is 51.1 cm³/mol. The molecule has 1 aromatic carbocycles. The number of carbonyl (C=O) groups is 1. The fraction of sp³-hybridized carbons (Fsp3) is 0.364. The van der Waals surface area contributed by atoms with Crippen LogP contribution in [-0.4, -0.2) is 17.9 Å². The lowest BCUT2D eigenvalue weighted by molar-refractivity contribution is -0.277. The number of aryl methyl sites for hydroxylation is 1. The Morgan fingerprint density at radius 3 is 1.68 bits per heavy atom. The summed E-state index contributed by atoms with van der Waals surface area (Å²) in [5.41, 5.74) is -0.735. The zero-order valence-corrected chi connectivity index (χ0v) is 9.36. The van der Waals surface area contributed by atoms with Gasteiger partial charge in [0.1, 0.15) is 0 Å². The minimum absolute atomic E-state index is 0.481. The summed E-state index contributed by atoms with van der Waals surface area (Å²) in [5, 5.41) is 0. The van der Waals surface area contributed by atoms with Crippen molar-refractivity contribution in [2.75, 3.05) is 0 Å². The molecule has 0 bridgehead atoms. The fourth-order valence-electron chi connectivity index (χ4n) is 1.22. The first kappa shape index (κ1) is 15.5. The Hall–Kier alpha value is -1.60. The number of Topliss-reactive ketones (excluding diaryl/α,β-unsaturated/α-hetero) is 1. The van der Waals surface area contributed by atoms with Crippen LogP contribution in [0.5, 0.6) is 0 Å². The van der Waals surface area contributed by atoms with E-state index in [1.807, 2.05) is 0 Å². The van der Waals surface area contributed by atoms with Crippen LogP contribution in [0.4, 0.5) is 30.7 Å². The predicted octanol–water partition coefficient (Wildman–Crippen LogP) is 3.85. The normalized spacial score (nSPS) is 13.5. The van der Waals surface area contributed by atoms with Gasteiger partial charge in [0.2, 0.25) is 0 Å². The van der Waals surface area contributed by atoms with Gasteiger partial charge >= 0.3 is 18.0 Å². The van der Waals surface area contributed by atoms with Crippen LogP contribution in [0, 0.1) is 6.92 Å². The standard InChI is InChI=1S/C11H7F7O/c1-6-2-4-7(5-3-6)9(12,13)8(19)10(14,15)11(16,17)18/h2-5H,1H3. The first-order valence-corrected chi connectivity index (χ1v) is 4.85. The maximum Gasteiger partial charge on any atom is 0.461 e. The number of hydrogen-bond acceptors (Lipinski definition) is 1. The molecule has 1 aromatic rings. The van der Waals surface area contributed by atoms with Gasteiger partial charge in [-0.05, 0) is 6.92 Å². The van der Waals surface area contributed by atoms with E-state index < -0.39 is 29.4 Å². The van der Waals surface area contributed by atoms with Gasteiger partial charge in [-0.3, -0.25) is 4.79 Å². The molecule has 0 heterocycles. The minimum Gasteiger partial charge on any atom is -0.285 e. The van der Waals surface area contributed by atoms with Crippen LogP contribution in [-0.2, 0) is 10.7 Å². The number of ketones is 1. The third kappa shape index (κ3) is 2.71. The van der Waals surface area contributed by atoms with E-state index in [-0.39, 0.29) is 0 Å². The van der Waals surface area contributed by atoms with Crippen LogP contribution >= 0.6 is 0 Å². The zero-order valence-electron chi connectivity index (χ0n) is 9.36. The van der Waals surface area contributed by atoms with Crippen LogP contribution < -0.4 is 0 Å². The van der Waals surface area contributed by atoms with Crippen molar-refractivity contribution < 1.29 is 35.5 Å². The highest BCUT2D eigenvalue weighted by Gasteiger charge is 2.69. The number of rotatable bonds is 3. The fourth-order valence-corrected chi connectivity index (χ4v) is 1.22. The summed E-state index contributed by atoms with van der Waals surface area (Å²) in [6.45, 7) is 1.49. The van der Waals surface area contributed by atoms with Crippen molar-refractivity contribution in [3.05, 3.63) is 35.4 Å². The summed E-state index contributed by atoms with van der Waals surface area (Å²) < 4.78 is 87.7. The topological polar surface area (TPSA) is 17.1 Å². The first-order chi connectivity index (χ1) is 8.40. The summed E-state index contributed by atoms with van der Waals surface area (Å²) in [4.78, 5) is 10.8. The molecule has 0 fully saturated rings. The molecule has 0 saturated carbocycles. The summed E-state index contributed by atoms with van der Waals surface area (Å²) in [6, 6.07) is 3.39. The number of halogens is 7. The molecule has 0 saturated heterocycles. The highest BCUT2D eigenvalue weighted by Crippen LogP contribution is 2.43. The van der Waals surface area contributed by atoms with Crippen molar-refractivity contribution >= 4 is 5.78 Å². The molecule has 0 atom stereocenters. The maximum atomic E-state index is 13.4. The first-order valence-electron chi connectivity index (χ1n) is 4.85. The molecule has 19 heavy (non-hydrogen) atoms. The molecular weight excluding hydrogens is 281 g/mol. The highest BCUT2D eigenvalue weighted by atomic mass is 19.4. The number of alkyl halides is 7. The molecule has 0 aliphatic heterocycles. The van der Waals surface area contributed by atoms with Gasteiger partial charge < -0.3 is 0 Å². The lowest BCUT2D eigenvalue weighted by atomic mass is 9.99. The number of hydrogen-bond donors (Lipinski definition) is 0. The summed E-state index contributed by atoms with van der Waals surface area (Å²) in [7, 11) is 0.